The molecule has 38 heavy (non-hydrogen) atoms. The topological polar surface area (TPSA) is 86.6 Å². The molecule has 0 radical (unpaired) electrons. The molecule has 7 heteroatoms. The molecule has 5 aliphatic rings. The van der Waals surface area contributed by atoms with Crippen LogP contribution in [0.2, 0.25) is 0 Å². The summed E-state index contributed by atoms with van der Waals surface area (Å²) in [6.45, 7) is 4.29. The number of carbonyl (C=O) groups is 1. The predicted octanol–water partition coefficient (Wildman–Crippen LogP) is 4.12. The molecule has 2 heterocycles. The molecule has 0 aromatic rings. The second-order valence-electron chi connectivity index (χ2n) is 13.5. The Balaban J connectivity index is 1.07. The summed E-state index contributed by atoms with van der Waals surface area (Å²) in [7, 11) is 3.97. The van der Waals surface area contributed by atoms with Crippen LogP contribution in [0, 0.1) is 46.3 Å². The van der Waals surface area contributed by atoms with Crippen molar-refractivity contribution in [1.82, 2.24) is 15.5 Å². The third-order valence-electron chi connectivity index (χ3n) is 11.5. The smallest absolute Gasteiger partial charge is 0.251 e. The molecule has 2 aliphatic heterocycles. The lowest BCUT2D eigenvalue weighted by molar-refractivity contribution is -0.136. The van der Waals surface area contributed by atoms with Crippen molar-refractivity contribution in [2.24, 2.45) is 35.0 Å². The van der Waals surface area contributed by atoms with Gasteiger partial charge in [-0.3, -0.25) is 4.79 Å². The maximum atomic E-state index is 12.9. The normalized spacial score (nSPS) is 38.9. The van der Waals surface area contributed by atoms with Gasteiger partial charge in [0, 0.05) is 13.7 Å². The van der Waals surface area contributed by atoms with Crippen molar-refractivity contribution in [3.63, 3.8) is 0 Å². The van der Waals surface area contributed by atoms with Gasteiger partial charge in [-0.1, -0.05) is 12.8 Å². The van der Waals surface area contributed by atoms with E-state index in [1.807, 2.05) is 0 Å². The fourth-order valence-electron chi connectivity index (χ4n) is 8.99. The minimum Gasteiger partial charge on any atom is -0.379 e. The largest absolute Gasteiger partial charge is 0.379 e. The van der Waals surface area contributed by atoms with Crippen LogP contribution in [0.15, 0.2) is 0 Å². The fraction of sp³-hybridized carbons (Fsp3) is 0.935. The summed E-state index contributed by atoms with van der Waals surface area (Å²) >= 11 is 0. The third-order valence-corrected chi connectivity index (χ3v) is 11.5. The molecule has 0 aromatic carbocycles. The van der Waals surface area contributed by atoms with E-state index < -0.39 is 12.1 Å². The van der Waals surface area contributed by atoms with Gasteiger partial charge in [0.2, 0.25) is 0 Å². The van der Waals surface area contributed by atoms with Gasteiger partial charge in [-0.05, 0) is 132 Å². The van der Waals surface area contributed by atoms with Crippen molar-refractivity contribution in [3.05, 3.63) is 0 Å². The van der Waals surface area contributed by atoms with E-state index in [4.69, 9.17) is 9.47 Å². The maximum absolute atomic E-state index is 12.9. The average molecular weight is 529 g/mol. The monoisotopic (exact) mass is 528 g/mol. The Bertz CT molecular complexity index is 814. The van der Waals surface area contributed by atoms with Crippen LogP contribution in [0.25, 0.3) is 0 Å². The van der Waals surface area contributed by atoms with E-state index in [1.54, 1.807) is 7.11 Å². The number of ether oxygens (including phenoxy) is 2. The van der Waals surface area contributed by atoms with E-state index >= 15 is 0 Å². The fourth-order valence-corrected chi connectivity index (χ4v) is 8.99. The molecular weight excluding hydrogens is 476 g/mol. The summed E-state index contributed by atoms with van der Waals surface area (Å²) in [5, 5.41) is 16.1. The van der Waals surface area contributed by atoms with Crippen molar-refractivity contribution in [3.8, 4) is 6.07 Å². The van der Waals surface area contributed by atoms with Crippen molar-refractivity contribution >= 4 is 5.91 Å². The first-order valence-electron chi connectivity index (χ1n) is 15.7. The summed E-state index contributed by atoms with van der Waals surface area (Å²) in [6, 6.07) is 1.93. The summed E-state index contributed by atoms with van der Waals surface area (Å²) in [5.74, 6) is 4.13. The van der Waals surface area contributed by atoms with Gasteiger partial charge >= 0.3 is 0 Å². The van der Waals surface area contributed by atoms with Crippen LogP contribution in [0.4, 0.5) is 0 Å². The first-order chi connectivity index (χ1) is 18.5. The van der Waals surface area contributed by atoms with E-state index in [1.165, 1.54) is 83.7 Å². The van der Waals surface area contributed by atoms with Crippen LogP contribution in [0.3, 0.4) is 0 Å². The summed E-state index contributed by atoms with van der Waals surface area (Å²) in [5.41, 5.74) is 0.658. The number of fused-ring (bicyclic) bond motifs is 2. The zero-order chi connectivity index (χ0) is 26.5. The number of piperidine rings is 1. The lowest BCUT2D eigenvalue weighted by Crippen LogP contribution is -2.49. The number of likely N-dealkylation sites (tertiary alicyclic amines) is 1. The highest BCUT2D eigenvalue weighted by Crippen LogP contribution is 2.60. The van der Waals surface area contributed by atoms with Crippen LogP contribution < -0.4 is 10.6 Å². The number of amides is 1. The van der Waals surface area contributed by atoms with E-state index in [0.717, 1.165) is 43.1 Å². The second kappa shape index (κ2) is 13.0. The van der Waals surface area contributed by atoms with Crippen molar-refractivity contribution in [2.45, 2.75) is 102 Å². The Morgan fingerprint density at radius 3 is 2.55 bits per heavy atom. The van der Waals surface area contributed by atoms with E-state index in [-0.39, 0.29) is 12.0 Å². The standard InChI is InChI=1S/C31H52N4O3/c1-35-15-12-31(13-16-35)11-9-24-7-8-25(18-28(24)31)23-5-3-22(4-6-23)17-26(19-32)34-30(36)29-20-33-14-10-27(37-2)21-38-29/h22-29,33H,3-18,20-21H2,1-2H3,(H,34,36). The van der Waals surface area contributed by atoms with Crippen molar-refractivity contribution in [2.75, 3.05) is 46.9 Å². The van der Waals surface area contributed by atoms with Gasteiger partial charge in [0.1, 0.15) is 12.1 Å². The molecule has 5 rings (SSSR count). The maximum Gasteiger partial charge on any atom is 0.251 e. The minimum absolute atomic E-state index is 0.00123. The van der Waals surface area contributed by atoms with Gasteiger partial charge in [0.05, 0.1) is 18.8 Å². The van der Waals surface area contributed by atoms with Gasteiger partial charge in [0.15, 0.2) is 0 Å². The first kappa shape index (κ1) is 28.3. The SMILES string of the molecule is COC1CCNCC(C(=O)NC(C#N)CC2CCC(C3CCC4CCC5(CCN(C)CC5)C4C3)CC2)OC1. The minimum atomic E-state index is -0.571. The first-order valence-corrected chi connectivity index (χ1v) is 15.7. The highest BCUT2D eigenvalue weighted by Gasteiger charge is 2.51. The van der Waals surface area contributed by atoms with Gasteiger partial charge < -0.3 is 25.0 Å². The molecule has 0 aromatic heterocycles. The van der Waals surface area contributed by atoms with Gasteiger partial charge in [-0.25, -0.2) is 0 Å². The van der Waals surface area contributed by atoms with Crippen LogP contribution in [0.1, 0.15) is 83.5 Å². The second-order valence-corrected chi connectivity index (χ2v) is 13.5. The Hall–Kier alpha value is -1.20. The Labute approximate surface area is 230 Å². The molecular formula is C31H52N4O3. The molecule has 0 bridgehead atoms. The van der Waals surface area contributed by atoms with Crippen molar-refractivity contribution in [1.29, 1.82) is 5.26 Å². The molecule has 1 spiro atoms. The number of nitriles is 1. The Morgan fingerprint density at radius 2 is 1.82 bits per heavy atom. The number of hydrogen-bond acceptors (Lipinski definition) is 6. The van der Waals surface area contributed by atoms with Crippen LogP contribution in [-0.2, 0) is 14.3 Å². The summed E-state index contributed by atoms with van der Waals surface area (Å²) in [6.07, 6.45) is 16.3. The van der Waals surface area contributed by atoms with E-state index in [9.17, 15) is 10.1 Å². The quantitative estimate of drug-likeness (QED) is 0.539. The molecule has 214 valence electrons. The number of methoxy groups -OCH3 is 1. The van der Waals surface area contributed by atoms with E-state index in [2.05, 4.69) is 28.7 Å². The number of carbonyl (C=O) groups excluding carboxylic acids is 1. The molecule has 7 nitrogen and oxygen atoms in total. The lowest BCUT2D eigenvalue weighted by atomic mass is 9.59. The highest BCUT2D eigenvalue weighted by atomic mass is 16.5. The highest BCUT2D eigenvalue weighted by molar-refractivity contribution is 5.81. The molecule has 2 N–H and O–H groups in total. The molecule has 3 aliphatic carbocycles. The van der Waals surface area contributed by atoms with Gasteiger partial charge in [-0.15, -0.1) is 0 Å². The average Bonchev–Trinajstić information content (AvgIpc) is 3.28. The predicted molar refractivity (Wildman–Crippen MR) is 148 cm³/mol. The molecule has 6 atom stereocenters. The molecule has 1 amide bonds. The molecule has 6 unspecified atom stereocenters. The number of nitrogens with one attached hydrogen (secondary N) is 2. The number of nitrogens with zero attached hydrogens (tertiary/aromatic N) is 2. The summed E-state index contributed by atoms with van der Waals surface area (Å²) in [4.78, 5) is 15.4. The van der Waals surface area contributed by atoms with Gasteiger partial charge in [-0.2, -0.15) is 5.26 Å². The van der Waals surface area contributed by atoms with Crippen LogP contribution >= 0.6 is 0 Å². The van der Waals surface area contributed by atoms with Crippen LogP contribution in [0.5, 0.6) is 0 Å². The zero-order valence-electron chi connectivity index (χ0n) is 24.0. The van der Waals surface area contributed by atoms with Crippen molar-refractivity contribution < 1.29 is 14.3 Å². The molecule has 2 saturated heterocycles. The number of rotatable bonds is 6. The zero-order valence-corrected chi connectivity index (χ0v) is 24.0. The van der Waals surface area contributed by atoms with Gasteiger partial charge in [0.25, 0.3) is 5.91 Å². The van der Waals surface area contributed by atoms with E-state index in [0.29, 0.717) is 24.5 Å². The number of hydrogen-bond donors (Lipinski definition) is 2. The Morgan fingerprint density at radius 1 is 1.08 bits per heavy atom. The molecule has 5 fully saturated rings. The third kappa shape index (κ3) is 6.57. The lowest BCUT2D eigenvalue weighted by Gasteiger charge is -2.48. The summed E-state index contributed by atoms with van der Waals surface area (Å²) < 4.78 is 11.2. The van der Waals surface area contributed by atoms with Crippen LogP contribution in [-0.4, -0.2) is 76.0 Å². The Kier molecular flexibility index (Phi) is 9.68. The molecule has 3 saturated carbocycles.